The van der Waals surface area contributed by atoms with Gasteiger partial charge in [0.2, 0.25) is 0 Å². The van der Waals surface area contributed by atoms with Crippen LogP contribution in [0, 0.1) is 0 Å². The number of thiophene rings is 1. The second kappa shape index (κ2) is 6.20. The fraction of sp³-hybridized carbons (Fsp3) is 0.188. The predicted octanol–water partition coefficient (Wildman–Crippen LogP) is 3.70. The molecule has 1 aromatic heterocycles. The summed E-state index contributed by atoms with van der Waals surface area (Å²) < 4.78 is 0. The molecule has 0 radical (unpaired) electrons. The molecule has 2 aromatic rings. The van der Waals surface area contributed by atoms with Gasteiger partial charge in [0.05, 0.1) is 16.6 Å². The Balaban J connectivity index is 1.82. The molecular formula is C16H12Cl2N2O3S. The van der Waals surface area contributed by atoms with Gasteiger partial charge in [-0.15, -0.1) is 11.3 Å². The maximum absolute atomic E-state index is 12.7. The SMILES string of the molecule is CC1(c2cccs2)NC(=O)N(CC(=O)c2ccc(Cl)c(Cl)c2)C1=O. The second-order valence-corrected chi connectivity index (χ2v) is 7.24. The number of urea groups is 1. The molecule has 1 aliphatic rings. The lowest BCUT2D eigenvalue weighted by Crippen LogP contribution is -2.40. The molecule has 0 bridgehead atoms. The van der Waals surface area contributed by atoms with Crippen LogP contribution in [-0.2, 0) is 10.3 Å². The smallest absolute Gasteiger partial charge is 0.319 e. The van der Waals surface area contributed by atoms with Gasteiger partial charge in [-0.25, -0.2) is 4.79 Å². The lowest BCUT2D eigenvalue weighted by Gasteiger charge is -2.19. The van der Waals surface area contributed by atoms with E-state index in [4.69, 9.17) is 23.2 Å². The Morgan fingerprint density at radius 3 is 2.62 bits per heavy atom. The number of nitrogens with zero attached hydrogens (tertiary/aromatic N) is 1. The van der Waals surface area contributed by atoms with Crippen LogP contribution in [0.3, 0.4) is 0 Å². The number of amides is 3. The summed E-state index contributed by atoms with van der Waals surface area (Å²) in [4.78, 5) is 38.9. The van der Waals surface area contributed by atoms with E-state index in [1.54, 1.807) is 19.1 Å². The number of hydrogen-bond donors (Lipinski definition) is 1. The van der Waals surface area contributed by atoms with Crippen molar-refractivity contribution >= 4 is 52.3 Å². The first-order valence-corrected chi connectivity index (χ1v) is 8.63. The topological polar surface area (TPSA) is 66.5 Å². The number of rotatable bonds is 4. The van der Waals surface area contributed by atoms with Crippen molar-refractivity contribution in [1.29, 1.82) is 0 Å². The highest BCUT2D eigenvalue weighted by molar-refractivity contribution is 7.10. The Bertz CT molecular complexity index is 838. The highest BCUT2D eigenvalue weighted by Crippen LogP contribution is 2.32. The zero-order valence-corrected chi connectivity index (χ0v) is 14.8. The van der Waals surface area contributed by atoms with Crippen molar-refractivity contribution in [2.24, 2.45) is 0 Å². The van der Waals surface area contributed by atoms with Crippen molar-refractivity contribution in [3.8, 4) is 0 Å². The number of hydrogen-bond acceptors (Lipinski definition) is 4. The number of carbonyl (C=O) groups is 3. The number of imide groups is 1. The summed E-state index contributed by atoms with van der Waals surface area (Å²) in [5.74, 6) is -0.851. The van der Waals surface area contributed by atoms with Crippen LogP contribution >= 0.6 is 34.5 Å². The molecule has 1 atom stereocenters. The number of halogens is 2. The van der Waals surface area contributed by atoms with E-state index < -0.39 is 23.3 Å². The van der Waals surface area contributed by atoms with Crippen molar-refractivity contribution in [1.82, 2.24) is 10.2 Å². The molecule has 1 aromatic carbocycles. The second-order valence-electron chi connectivity index (χ2n) is 5.48. The van der Waals surface area contributed by atoms with Gasteiger partial charge >= 0.3 is 6.03 Å². The minimum Gasteiger partial charge on any atom is -0.319 e. The molecule has 5 nitrogen and oxygen atoms in total. The van der Waals surface area contributed by atoms with E-state index in [1.807, 2.05) is 5.38 Å². The van der Waals surface area contributed by atoms with Crippen LogP contribution in [0.25, 0.3) is 0 Å². The molecule has 1 N–H and O–H groups in total. The summed E-state index contributed by atoms with van der Waals surface area (Å²) in [5, 5.41) is 5.05. The summed E-state index contributed by atoms with van der Waals surface area (Å²) in [7, 11) is 0. The minimum absolute atomic E-state index is 0.239. The van der Waals surface area contributed by atoms with Gasteiger partial charge in [0.15, 0.2) is 11.3 Å². The molecule has 24 heavy (non-hydrogen) atoms. The van der Waals surface area contributed by atoms with E-state index in [0.29, 0.717) is 9.90 Å². The van der Waals surface area contributed by atoms with Gasteiger partial charge in [0.1, 0.15) is 0 Å². The van der Waals surface area contributed by atoms with Gasteiger partial charge in [-0.1, -0.05) is 29.3 Å². The van der Waals surface area contributed by atoms with Crippen LogP contribution in [0.15, 0.2) is 35.7 Å². The summed E-state index contributed by atoms with van der Waals surface area (Å²) in [5.41, 5.74) is -0.863. The average Bonchev–Trinajstić information content (AvgIpc) is 3.14. The van der Waals surface area contributed by atoms with E-state index in [0.717, 1.165) is 4.90 Å². The number of ketones is 1. The Hall–Kier alpha value is -1.89. The Labute approximate surface area is 152 Å². The first kappa shape index (κ1) is 17.0. The van der Waals surface area contributed by atoms with Crippen molar-refractivity contribution in [2.45, 2.75) is 12.5 Å². The van der Waals surface area contributed by atoms with Gasteiger partial charge in [-0.05, 0) is 36.6 Å². The molecule has 8 heteroatoms. The highest BCUT2D eigenvalue weighted by atomic mass is 35.5. The van der Waals surface area contributed by atoms with Crippen LogP contribution in [-0.4, -0.2) is 29.2 Å². The van der Waals surface area contributed by atoms with Gasteiger partial charge in [0, 0.05) is 10.4 Å². The fourth-order valence-corrected chi connectivity index (χ4v) is 3.61. The van der Waals surface area contributed by atoms with Crippen molar-refractivity contribution in [2.75, 3.05) is 6.54 Å². The zero-order valence-electron chi connectivity index (χ0n) is 12.5. The van der Waals surface area contributed by atoms with Gasteiger partial charge in [-0.3, -0.25) is 14.5 Å². The molecule has 1 fully saturated rings. The van der Waals surface area contributed by atoms with Crippen LogP contribution in [0.4, 0.5) is 4.79 Å². The quantitative estimate of drug-likeness (QED) is 0.647. The third-order valence-electron chi connectivity index (χ3n) is 3.83. The standard InChI is InChI=1S/C16H12Cl2N2O3S/c1-16(13-3-2-6-24-13)14(22)20(15(23)19-16)8-12(21)9-4-5-10(17)11(18)7-9/h2-7H,8H2,1H3,(H,19,23). The lowest BCUT2D eigenvalue weighted by molar-refractivity contribution is -0.130. The van der Waals surface area contributed by atoms with Crippen LogP contribution in [0.1, 0.15) is 22.2 Å². The van der Waals surface area contributed by atoms with Crippen LogP contribution < -0.4 is 5.32 Å². The fourth-order valence-electron chi connectivity index (χ4n) is 2.48. The van der Waals surface area contributed by atoms with Gasteiger partial charge in [0.25, 0.3) is 5.91 Å². The van der Waals surface area contributed by atoms with E-state index in [1.165, 1.54) is 29.5 Å². The Morgan fingerprint density at radius 2 is 2.00 bits per heavy atom. The summed E-state index contributed by atoms with van der Waals surface area (Å²) >= 11 is 13.1. The molecule has 3 amide bonds. The molecule has 0 spiro atoms. The van der Waals surface area contributed by atoms with Crippen LogP contribution in [0.5, 0.6) is 0 Å². The van der Waals surface area contributed by atoms with E-state index >= 15 is 0 Å². The number of benzene rings is 1. The third kappa shape index (κ3) is 2.81. The molecule has 124 valence electrons. The Kier molecular flexibility index (Phi) is 4.38. The average molecular weight is 383 g/mol. The van der Waals surface area contributed by atoms with Crippen molar-refractivity contribution in [3.05, 3.63) is 56.2 Å². The first-order valence-electron chi connectivity index (χ1n) is 6.99. The lowest BCUT2D eigenvalue weighted by atomic mass is 10.0. The number of carbonyl (C=O) groups excluding carboxylic acids is 3. The molecule has 2 heterocycles. The highest BCUT2D eigenvalue weighted by Gasteiger charge is 2.50. The maximum Gasteiger partial charge on any atom is 0.325 e. The molecule has 0 aliphatic carbocycles. The summed E-state index contributed by atoms with van der Waals surface area (Å²) in [6.07, 6.45) is 0. The van der Waals surface area contributed by atoms with Crippen molar-refractivity contribution in [3.63, 3.8) is 0 Å². The predicted molar refractivity (Wildman–Crippen MR) is 92.7 cm³/mol. The van der Waals surface area contributed by atoms with E-state index in [-0.39, 0.29) is 17.1 Å². The third-order valence-corrected chi connectivity index (χ3v) is 5.66. The van der Waals surface area contributed by atoms with Crippen LogP contribution in [0.2, 0.25) is 10.0 Å². The normalized spacial score (nSPS) is 20.4. The van der Waals surface area contributed by atoms with Crippen molar-refractivity contribution < 1.29 is 14.4 Å². The zero-order chi connectivity index (χ0) is 17.5. The van der Waals surface area contributed by atoms with Gasteiger partial charge in [-0.2, -0.15) is 0 Å². The molecule has 1 unspecified atom stereocenters. The molecular weight excluding hydrogens is 371 g/mol. The molecule has 0 saturated carbocycles. The molecule has 1 aliphatic heterocycles. The largest absolute Gasteiger partial charge is 0.325 e. The number of nitrogens with one attached hydrogen (secondary N) is 1. The maximum atomic E-state index is 12.7. The number of Topliss-reactive ketones (excluding diaryl/α,β-unsaturated/α-hetero) is 1. The monoisotopic (exact) mass is 382 g/mol. The minimum atomic E-state index is -1.15. The van der Waals surface area contributed by atoms with E-state index in [2.05, 4.69) is 5.32 Å². The summed E-state index contributed by atoms with van der Waals surface area (Å²) in [6.45, 7) is 1.27. The molecule has 3 rings (SSSR count). The first-order chi connectivity index (χ1) is 11.3. The Morgan fingerprint density at radius 1 is 1.25 bits per heavy atom. The van der Waals surface area contributed by atoms with E-state index in [9.17, 15) is 14.4 Å². The van der Waals surface area contributed by atoms with Gasteiger partial charge < -0.3 is 5.32 Å². The summed E-state index contributed by atoms with van der Waals surface area (Å²) in [6, 6.07) is 7.40. The molecule has 1 saturated heterocycles.